The number of aliphatic carboxylic acids is 3. The molecule has 8 heteroatoms. The Kier molecular flexibility index (Phi) is 14.3. The molecule has 0 saturated carbocycles. The quantitative estimate of drug-likeness (QED) is 0.589. The molecule has 0 radical (unpaired) electrons. The molecule has 0 spiro atoms. The van der Waals surface area contributed by atoms with Gasteiger partial charge >= 0.3 is 11.9 Å². The van der Waals surface area contributed by atoms with Crippen molar-refractivity contribution >= 4 is 17.9 Å². The number of rotatable bonds is 5. The van der Waals surface area contributed by atoms with E-state index in [0.717, 1.165) is 6.92 Å². The lowest BCUT2D eigenvalue weighted by atomic mass is 10.0. The van der Waals surface area contributed by atoms with Crippen molar-refractivity contribution in [3.63, 3.8) is 0 Å². The molecule has 23 heavy (non-hydrogen) atoms. The first kappa shape index (κ1) is 23.6. The zero-order valence-corrected chi connectivity index (χ0v) is 14.4. The van der Waals surface area contributed by atoms with Gasteiger partial charge in [-0.3, -0.25) is 19.3 Å². The zero-order valence-electron chi connectivity index (χ0n) is 14.4. The van der Waals surface area contributed by atoms with Crippen LogP contribution in [0.15, 0.2) is 0 Å². The monoisotopic (exact) mass is 334 g/mol. The van der Waals surface area contributed by atoms with Crippen LogP contribution < -0.4 is 5.32 Å². The Morgan fingerprint density at radius 1 is 0.957 bits per heavy atom. The van der Waals surface area contributed by atoms with Crippen LogP contribution in [0, 0.1) is 0 Å². The SMILES string of the molecule is CC(=O)O.CCCC.CN1[C@@H](CC(=O)O)CNC[C@H]1CC(=O)O. The van der Waals surface area contributed by atoms with Crippen LogP contribution in [0.4, 0.5) is 0 Å². The average Bonchev–Trinajstić information content (AvgIpc) is 2.42. The van der Waals surface area contributed by atoms with Gasteiger partial charge in [0.15, 0.2) is 0 Å². The molecular formula is C15H30N2O6. The van der Waals surface area contributed by atoms with Gasteiger partial charge in [0.05, 0.1) is 12.8 Å². The first-order valence-corrected chi connectivity index (χ1v) is 7.71. The summed E-state index contributed by atoms with van der Waals surface area (Å²) < 4.78 is 0. The molecule has 1 fully saturated rings. The van der Waals surface area contributed by atoms with Crippen LogP contribution in [-0.4, -0.2) is 70.3 Å². The van der Waals surface area contributed by atoms with E-state index in [-0.39, 0.29) is 24.9 Å². The summed E-state index contributed by atoms with van der Waals surface area (Å²) in [6, 6.07) is -0.249. The molecule has 136 valence electrons. The molecule has 1 aliphatic heterocycles. The second-order valence-electron chi connectivity index (χ2n) is 5.35. The molecule has 0 aromatic rings. The van der Waals surface area contributed by atoms with Gasteiger partial charge in [-0.2, -0.15) is 0 Å². The molecule has 1 aliphatic rings. The fourth-order valence-corrected chi connectivity index (χ4v) is 1.84. The van der Waals surface area contributed by atoms with Gasteiger partial charge in [0, 0.05) is 32.1 Å². The summed E-state index contributed by atoms with van der Waals surface area (Å²) in [4.78, 5) is 32.0. The summed E-state index contributed by atoms with van der Waals surface area (Å²) in [6.45, 7) is 6.64. The van der Waals surface area contributed by atoms with Gasteiger partial charge in [-0.25, -0.2) is 0 Å². The minimum Gasteiger partial charge on any atom is -0.481 e. The lowest BCUT2D eigenvalue weighted by Gasteiger charge is -2.38. The number of nitrogens with zero attached hydrogens (tertiary/aromatic N) is 1. The van der Waals surface area contributed by atoms with Crippen molar-refractivity contribution in [3.05, 3.63) is 0 Å². The van der Waals surface area contributed by atoms with Crippen molar-refractivity contribution in [2.75, 3.05) is 20.1 Å². The number of nitrogens with one attached hydrogen (secondary N) is 1. The van der Waals surface area contributed by atoms with Crippen molar-refractivity contribution in [2.45, 2.75) is 58.5 Å². The number of carboxylic acids is 3. The number of carbonyl (C=O) groups is 3. The van der Waals surface area contributed by atoms with E-state index in [4.69, 9.17) is 20.1 Å². The van der Waals surface area contributed by atoms with E-state index in [9.17, 15) is 9.59 Å². The van der Waals surface area contributed by atoms with Gasteiger partial charge in [-0.1, -0.05) is 26.7 Å². The van der Waals surface area contributed by atoms with Crippen LogP contribution in [-0.2, 0) is 14.4 Å². The largest absolute Gasteiger partial charge is 0.481 e. The highest BCUT2D eigenvalue weighted by Crippen LogP contribution is 2.13. The van der Waals surface area contributed by atoms with Crippen LogP contribution in [0.2, 0.25) is 0 Å². The van der Waals surface area contributed by atoms with Gasteiger partial charge in [0.25, 0.3) is 5.97 Å². The Morgan fingerprint density at radius 2 is 1.26 bits per heavy atom. The maximum atomic E-state index is 10.6. The van der Waals surface area contributed by atoms with E-state index in [2.05, 4.69) is 19.2 Å². The van der Waals surface area contributed by atoms with Gasteiger partial charge in [0.2, 0.25) is 0 Å². The van der Waals surface area contributed by atoms with Gasteiger partial charge in [0.1, 0.15) is 0 Å². The third kappa shape index (κ3) is 15.0. The van der Waals surface area contributed by atoms with Crippen LogP contribution in [0.1, 0.15) is 46.5 Å². The second kappa shape index (κ2) is 14.0. The van der Waals surface area contributed by atoms with Crippen LogP contribution in [0.3, 0.4) is 0 Å². The zero-order chi connectivity index (χ0) is 18.4. The molecule has 1 heterocycles. The first-order chi connectivity index (χ1) is 10.6. The van der Waals surface area contributed by atoms with Gasteiger partial charge in [-0.15, -0.1) is 0 Å². The van der Waals surface area contributed by atoms with Crippen molar-refractivity contribution in [1.82, 2.24) is 10.2 Å². The number of unbranched alkanes of at least 4 members (excludes halogenated alkanes) is 1. The van der Waals surface area contributed by atoms with E-state index < -0.39 is 17.9 Å². The summed E-state index contributed by atoms with van der Waals surface area (Å²) in [7, 11) is 1.78. The molecule has 0 aliphatic carbocycles. The van der Waals surface area contributed by atoms with Crippen molar-refractivity contribution in [3.8, 4) is 0 Å². The number of hydrogen-bond donors (Lipinski definition) is 4. The molecule has 0 aromatic heterocycles. The third-order valence-electron chi connectivity index (χ3n) is 3.23. The fraction of sp³-hybridized carbons (Fsp3) is 0.800. The second-order valence-corrected chi connectivity index (χ2v) is 5.35. The lowest BCUT2D eigenvalue weighted by molar-refractivity contribution is -0.140. The number of likely N-dealkylation sites (N-methyl/N-ethyl adjacent to an activating group) is 1. The van der Waals surface area contributed by atoms with Crippen molar-refractivity contribution in [2.24, 2.45) is 0 Å². The van der Waals surface area contributed by atoms with E-state index >= 15 is 0 Å². The normalized spacial score (nSPS) is 20.3. The molecular weight excluding hydrogens is 304 g/mol. The molecule has 4 N–H and O–H groups in total. The Balaban J connectivity index is 0. The van der Waals surface area contributed by atoms with E-state index in [0.29, 0.717) is 13.1 Å². The predicted molar refractivity (Wildman–Crippen MR) is 86.6 cm³/mol. The highest BCUT2D eigenvalue weighted by molar-refractivity contribution is 5.68. The summed E-state index contributed by atoms with van der Waals surface area (Å²) in [5, 5.41) is 27.8. The number of piperazine rings is 1. The Bertz CT molecular complexity index is 332. The smallest absolute Gasteiger partial charge is 0.304 e. The Hall–Kier alpha value is -1.67. The van der Waals surface area contributed by atoms with E-state index in [1.165, 1.54) is 12.8 Å². The summed E-state index contributed by atoms with van der Waals surface area (Å²) in [5.41, 5.74) is 0. The third-order valence-corrected chi connectivity index (χ3v) is 3.23. The van der Waals surface area contributed by atoms with Crippen LogP contribution >= 0.6 is 0 Å². The van der Waals surface area contributed by atoms with Gasteiger partial charge in [-0.05, 0) is 7.05 Å². The molecule has 8 nitrogen and oxygen atoms in total. The molecule has 0 bridgehead atoms. The summed E-state index contributed by atoms with van der Waals surface area (Å²) in [6.07, 6.45) is 2.72. The molecule has 1 saturated heterocycles. The molecule has 2 atom stereocenters. The minimum absolute atomic E-state index is 0.0413. The lowest BCUT2D eigenvalue weighted by Crippen LogP contribution is -2.56. The Morgan fingerprint density at radius 3 is 1.48 bits per heavy atom. The maximum absolute atomic E-state index is 10.6. The number of hydrogen-bond acceptors (Lipinski definition) is 5. The fourth-order valence-electron chi connectivity index (χ4n) is 1.84. The molecule has 0 aromatic carbocycles. The van der Waals surface area contributed by atoms with Crippen LogP contribution in [0.5, 0.6) is 0 Å². The maximum Gasteiger partial charge on any atom is 0.304 e. The average molecular weight is 334 g/mol. The predicted octanol–water partition coefficient (Wildman–Crippen LogP) is 1.11. The molecule has 0 unspecified atom stereocenters. The number of carboxylic acid groups (broad SMARTS) is 3. The topological polar surface area (TPSA) is 127 Å². The standard InChI is InChI=1S/C9H16N2O4.C4H10.C2H4O2/c1-11-6(2-8(12)13)4-10-5-7(11)3-9(14)15;1-3-4-2;1-2(3)4/h6-7,10H,2-5H2,1H3,(H,12,13)(H,14,15);3-4H2,1-2H3;1H3,(H,3,4)/t6-,7+;;. The van der Waals surface area contributed by atoms with Crippen LogP contribution in [0.25, 0.3) is 0 Å². The Labute approximate surface area is 137 Å². The van der Waals surface area contributed by atoms with Gasteiger partial charge < -0.3 is 20.6 Å². The highest BCUT2D eigenvalue weighted by Gasteiger charge is 2.29. The summed E-state index contributed by atoms with van der Waals surface area (Å²) >= 11 is 0. The van der Waals surface area contributed by atoms with Crippen molar-refractivity contribution in [1.29, 1.82) is 0 Å². The summed E-state index contributed by atoms with van der Waals surface area (Å²) in [5.74, 6) is -2.55. The molecule has 1 rings (SSSR count). The highest BCUT2D eigenvalue weighted by atomic mass is 16.4. The van der Waals surface area contributed by atoms with E-state index in [1.54, 1.807) is 7.05 Å². The minimum atomic E-state index is -0.857. The van der Waals surface area contributed by atoms with E-state index in [1.807, 2.05) is 4.90 Å². The first-order valence-electron chi connectivity index (χ1n) is 7.71. The molecule has 0 amide bonds. The van der Waals surface area contributed by atoms with Crippen molar-refractivity contribution < 1.29 is 29.7 Å².